The van der Waals surface area contributed by atoms with E-state index in [1.54, 1.807) is 0 Å². The molecule has 0 saturated carbocycles. The molecule has 2 N–H and O–H groups in total. The minimum atomic E-state index is -0.538. The molecule has 0 amide bonds. The highest BCUT2D eigenvalue weighted by atomic mass is 35.5. The zero-order valence-electron chi connectivity index (χ0n) is 6.95. The fourth-order valence-electron chi connectivity index (χ4n) is 1.24. The molecule has 2 atom stereocenters. The summed E-state index contributed by atoms with van der Waals surface area (Å²) in [6, 6.07) is 0. The molecule has 0 aromatic carbocycles. The van der Waals surface area contributed by atoms with Gasteiger partial charge >= 0.3 is 5.97 Å². The van der Waals surface area contributed by atoms with Crippen molar-refractivity contribution in [3.63, 3.8) is 0 Å². The van der Waals surface area contributed by atoms with Gasteiger partial charge < -0.3 is 15.2 Å². The summed E-state index contributed by atoms with van der Waals surface area (Å²) in [5.74, 6) is -0.710. The van der Waals surface area contributed by atoms with Crippen molar-refractivity contribution >= 4 is 18.4 Å². The van der Waals surface area contributed by atoms with Crippen molar-refractivity contribution in [2.24, 2.45) is 5.92 Å². The van der Waals surface area contributed by atoms with Gasteiger partial charge in [-0.2, -0.15) is 0 Å². The number of halogens is 1. The van der Waals surface area contributed by atoms with Crippen LogP contribution < -0.4 is 5.32 Å². The number of esters is 1. The van der Waals surface area contributed by atoms with Crippen LogP contribution in [0, 0.1) is 5.92 Å². The number of rotatable bonds is 1. The Bertz CT molecular complexity index is 154. The first-order chi connectivity index (χ1) is 5.25. The topological polar surface area (TPSA) is 58.6 Å². The Labute approximate surface area is 77.7 Å². The number of piperidine rings is 1. The monoisotopic (exact) mass is 195 g/mol. The zero-order chi connectivity index (χ0) is 8.27. The number of nitrogens with one attached hydrogen (secondary N) is 1. The lowest BCUT2D eigenvalue weighted by molar-refractivity contribution is -0.150. The quantitative estimate of drug-likeness (QED) is 0.557. The van der Waals surface area contributed by atoms with Gasteiger partial charge in [-0.3, -0.25) is 4.79 Å². The highest BCUT2D eigenvalue weighted by Crippen LogP contribution is 2.11. The molecule has 0 radical (unpaired) electrons. The summed E-state index contributed by atoms with van der Waals surface area (Å²) in [5.41, 5.74) is 0. The van der Waals surface area contributed by atoms with Crippen LogP contribution in [0.15, 0.2) is 0 Å². The van der Waals surface area contributed by atoms with E-state index in [4.69, 9.17) is 0 Å². The number of aliphatic hydroxyl groups is 1. The number of ether oxygens (including phenoxy) is 1. The average Bonchev–Trinajstić information content (AvgIpc) is 2.04. The third kappa shape index (κ3) is 2.62. The molecule has 0 aromatic heterocycles. The highest BCUT2D eigenvalue weighted by molar-refractivity contribution is 5.85. The largest absolute Gasteiger partial charge is 0.469 e. The second-order valence-electron chi connectivity index (χ2n) is 2.69. The molecule has 1 rings (SSSR count). The summed E-state index contributed by atoms with van der Waals surface area (Å²) in [5, 5.41) is 12.3. The molecule has 0 spiro atoms. The van der Waals surface area contributed by atoms with Crippen LogP contribution in [0.3, 0.4) is 0 Å². The Morgan fingerprint density at radius 1 is 1.67 bits per heavy atom. The van der Waals surface area contributed by atoms with Gasteiger partial charge in [0.15, 0.2) is 0 Å². The molecule has 0 aromatic rings. The van der Waals surface area contributed by atoms with Gasteiger partial charge in [0, 0.05) is 6.54 Å². The summed E-state index contributed by atoms with van der Waals surface area (Å²) in [7, 11) is 1.34. The van der Waals surface area contributed by atoms with E-state index < -0.39 is 6.10 Å². The van der Waals surface area contributed by atoms with Gasteiger partial charge in [0.25, 0.3) is 0 Å². The normalized spacial score (nSPS) is 28.8. The van der Waals surface area contributed by atoms with Crippen molar-refractivity contribution in [3.8, 4) is 0 Å². The van der Waals surface area contributed by atoms with E-state index in [2.05, 4.69) is 10.1 Å². The molecule has 1 heterocycles. The molecule has 72 valence electrons. The third-order valence-corrected chi connectivity index (χ3v) is 1.95. The molecule has 4 nitrogen and oxygen atoms in total. The SMILES string of the molecule is COC(=O)[C@@H]1CNCC[C@@H]1O.Cl. The molecular formula is C7H14ClNO3. The van der Waals surface area contributed by atoms with Crippen LogP contribution in [0.4, 0.5) is 0 Å². The van der Waals surface area contributed by atoms with E-state index in [1.807, 2.05) is 0 Å². The number of hydrogen-bond donors (Lipinski definition) is 2. The molecule has 0 bridgehead atoms. The van der Waals surface area contributed by atoms with Gasteiger partial charge in [0.2, 0.25) is 0 Å². The number of hydrogen-bond acceptors (Lipinski definition) is 4. The minimum Gasteiger partial charge on any atom is -0.469 e. The molecule has 1 aliphatic heterocycles. The highest BCUT2D eigenvalue weighted by Gasteiger charge is 2.29. The summed E-state index contributed by atoms with van der Waals surface area (Å²) in [6.45, 7) is 1.29. The molecule has 0 unspecified atom stereocenters. The van der Waals surface area contributed by atoms with Gasteiger partial charge in [0.05, 0.1) is 19.1 Å². The summed E-state index contributed by atoms with van der Waals surface area (Å²) in [6.07, 6.45) is 0.0865. The fourth-order valence-corrected chi connectivity index (χ4v) is 1.24. The maximum absolute atomic E-state index is 11.0. The number of methoxy groups -OCH3 is 1. The maximum atomic E-state index is 11.0. The second kappa shape index (κ2) is 5.35. The van der Waals surface area contributed by atoms with Crippen LogP contribution in [0.25, 0.3) is 0 Å². The fraction of sp³-hybridized carbons (Fsp3) is 0.857. The maximum Gasteiger partial charge on any atom is 0.312 e. The van der Waals surface area contributed by atoms with E-state index in [0.717, 1.165) is 6.54 Å². The molecule has 1 aliphatic rings. The predicted octanol–water partition coefficient (Wildman–Crippen LogP) is -0.448. The van der Waals surface area contributed by atoms with Crippen molar-refractivity contribution in [2.75, 3.05) is 20.2 Å². The van der Waals surface area contributed by atoms with E-state index in [9.17, 15) is 9.90 Å². The first kappa shape index (κ1) is 11.7. The van der Waals surface area contributed by atoms with Crippen LogP contribution in [0.1, 0.15) is 6.42 Å². The lowest BCUT2D eigenvalue weighted by Gasteiger charge is -2.25. The van der Waals surface area contributed by atoms with Crippen LogP contribution in [-0.2, 0) is 9.53 Å². The predicted molar refractivity (Wildman–Crippen MR) is 46.2 cm³/mol. The van der Waals surface area contributed by atoms with Crippen LogP contribution >= 0.6 is 12.4 Å². The van der Waals surface area contributed by atoms with Crippen molar-refractivity contribution < 1.29 is 14.6 Å². The molecule has 1 fully saturated rings. The second-order valence-corrected chi connectivity index (χ2v) is 2.69. The number of aliphatic hydroxyl groups excluding tert-OH is 1. The van der Waals surface area contributed by atoms with E-state index in [0.29, 0.717) is 13.0 Å². The summed E-state index contributed by atoms with van der Waals surface area (Å²) < 4.78 is 4.52. The Morgan fingerprint density at radius 2 is 2.33 bits per heavy atom. The van der Waals surface area contributed by atoms with Gasteiger partial charge in [-0.05, 0) is 13.0 Å². The first-order valence-corrected chi connectivity index (χ1v) is 3.72. The van der Waals surface area contributed by atoms with Gasteiger partial charge in [0.1, 0.15) is 0 Å². The summed E-state index contributed by atoms with van der Waals surface area (Å²) in [4.78, 5) is 11.0. The number of carbonyl (C=O) groups excluding carboxylic acids is 1. The lowest BCUT2D eigenvalue weighted by atomic mass is 9.96. The first-order valence-electron chi connectivity index (χ1n) is 3.72. The van der Waals surface area contributed by atoms with E-state index >= 15 is 0 Å². The van der Waals surface area contributed by atoms with Crippen molar-refractivity contribution in [1.29, 1.82) is 0 Å². The smallest absolute Gasteiger partial charge is 0.312 e. The van der Waals surface area contributed by atoms with Crippen LogP contribution in [-0.4, -0.2) is 37.4 Å². The third-order valence-electron chi connectivity index (χ3n) is 1.95. The van der Waals surface area contributed by atoms with Gasteiger partial charge in [-0.15, -0.1) is 12.4 Å². The summed E-state index contributed by atoms with van der Waals surface area (Å²) >= 11 is 0. The van der Waals surface area contributed by atoms with Gasteiger partial charge in [-0.25, -0.2) is 0 Å². The lowest BCUT2D eigenvalue weighted by Crippen LogP contribution is -2.44. The van der Waals surface area contributed by atoms with Crippen LogP contribution in [0.2, 0.25) is 0 Å². The molecule has 5 heteroatoms. The van der Waals surface area contributed by atoms with Crippen molar-refractivity contribution in [3.05, 3.63) is 0 Å². The molecule has 0 aliphatic carbocycles. The van der Waals surface area contributed by atoms with E-state index in [1.165, 1.54) is 7.11 Å². The van der Waals surface area contributed by atoms with E-state index in [-0.39, 0.29) is 24.3 Å². The Kier molecular flexibility index (Phi) is 5.20. The average molecular weight is 196 g/mol. The Balaban J connectivity index is 0.00000121. The Hall–Kier alpha value is -0.320. The molecule has 12 heavy (non-hydrogen) atoms. The molecular weight excluding hydrogens is 182 g/mol. The number of carbonyl (C=O) groups is 1. The molecule has 1 saturated heterocycles. The van der Waals surface area contributed by atoms with Crippen molar-refractivity contribution in [1.82, 2.24) is 5.32 Å². The minimum absolute atomic E-state index is 0. The van der Waals surface area contributed by atoms with Crippen molar-refractivity contribution in [2.45, 2.75) is 12.5 Å². The van der Waals surface area contributed by atoms with Crippen LogP contribution in [0.5, 0.6) is 0 Å². The van der Waals surface area contributed by atoms with Gasteiger partial charge in [-0.1, -0.05) is 0 Å². The Morgan fingerprint density at radius 3 is 2.83 bits per heavy atom. The zero-order valence-corrected chi connectivity index (χ0v) is 7.76. The standard InChI is InChI=1S/C7H13NO3.ClH/c1-11-7(10)5-4-8-3-2-6(5)9;/h5-6,8-9H,2-4H2,1H3;1H/t5-,6+;/m1./s1.